The molecule has 1 heterocycles. The summed E-state index contributed by atoms with van der Waals surface area (Å²) in [6.07, 6.45) is 4.15. The average Bonchev–Trinajstić information content (AvgIpc) is 2.86. The fraction of sp³-hybridized carbons (Fsp3) is 0.333. The summed E-state index contributed by atoms with van der Waals surface area (Å²) in [5.74, 6) is -1.37. The van der Waals surface area contributed by atoms with E-state index < -0.39 is 12.0 Å². The molecule has 1 aromatic carbocycles. The summed E-state index contributed by atoms with van der Waals surface area (Å²) in [5, 5.41) is 12.6. The fourth-order valence-corrected chi connectivity index (χ4v) is 2.43. The van der Waals surface area contributed by atoms with Gasteiger partial charge in [0.25, 0.3) is 0 Å². The predicted octanol–water partition coefficient (Wildman–Crippen LogP) is 3.13. The van der Waals surface area contributed by atoms with Crippen molar-refractivity contribution in [3.05, 3.63) is 47.7 Å². The lowest BCUT2D eigenvalue weighted by Crippen LogP contribution is -2.41. The van der Waals surface area contributed by atoms with E-state index in [0.29, 0.717) is 12.8 Å². The van der Waals surface area contributed by atoms with Gasteiger partial charge in [-0.1, -0.05) is 6.08 Å². The first-order valence-electron chi connectivity index (χ1n) is 7.52. The van der Waals surface area contributed by atoms with Gasteiger partial charge in [-0.05, 0) is 49.9 Å². The predicted molar refractivity (Wildman–Crippen MR) is 88.4 cm³/mol. The molecule has 1 aromatic heterocycles. The Morgan fingerprint density at radius 3 is 2.70 bits per heavy atom. The highest BCUT2D eigenvalue weighted by Gasteiger charge is 2.20. The Morgan fingerprint density at radius 2 is 2.04 bits per heavy atom. The normalized spacial score (nSPS) is 12.1. The van der Waals surface area contributed by atoms with E-state index in [4.69, 9.17) is 9.52 Å². The van der Waals surface area contributed by atoms with E-state index in [0.717, 1.165) is 27.7 Å². The van der Waals surface area contributed by atoms with E-state index >= 15 is 0 Å². The molecule has 0 fully saturated rings. The van der Waals surface area contributed by atoms with Crippen LogP contribution in [0.4, 0.5) is 0 Å². The second-order valence-electron chi connectivity index (χ2n) is 5.69. The van der Waals surface area contributed by atoms with Crippen LogP contribution < -0.4 is 5.32 Å². The van der Waals surface area contributed by atoms with Crippen molar-refractivity contribution < 1.29 is 19.1 Å². The number of nitrogens with one attached hydrogen (secondary N) is 1. The standard InChI is InChI=1S/C18H21NO4/c1-4-5-6-15(18(21)22)19-17(20)9-13-10-23-16-8-12(3)11(2)7-14(13)16/h4,7-8,10,15H,1,5-6,9H2,2-3H3,(H,19,20)(H,21,22). The van der Waals surface area contributed by atoms with Crippen LogP contribution >= 0.6 is 0 Å². The van der Waals surface area contributed by atoms with Crippen molar-refractivity contribution >= 4 is 22.8 Å². The summed E-state index contributed by atoms with van der Waals surface area (Å²) < 4.78 is 5.49. The number of benzene rings is 1. The minimum Gasteiger partial charge on any atom is -0.480 e. The molecule has 1 atom stereocenters. The van der Waals surface area contributed by atoms with Gasteiger partial charge in [-0.25, -0.2) is 4.79 Å². The van der Waals surface area contributed by atoms with Crippen LogP contribution in [-0.2, 0) is 16.0 Å². The Labute approximate surface area is 135 Å². The van der Waals surface area contributed by atoms with Crippen LogP contribution in [0.25, 0.3) is 11.0 Å². The maximum atomic E-state index is 12.1. The quantitative estimate of drug-likeness (QED) is 0.769. The minimum atomic E-state index is -1.04. The second kappa shape index (κ2) is 7.13. The molecule has 2 rings (SSSR count). The van der Waals surface area contributed by atoms with Crippen molar-refractivity contribution in [3.8, 4) is 0 Å². The van der Waals surface area contributed by atoms with Crippen LogP contribution in [0.2, 0.25) is 0 Å². The number of amides is 1. The number of carbonyl (C=O) groups is 2. The molecule has 1 amide bonds. The molecule has 1 unspecified atom stereocenters. The van der Waals surface area contributed by atoms with Crippen molar-refractivity contribution in [3.63, 3.8) is 0 Å². The third-order valence-electron chi connectivity index (χ3n) is 3.91. The van der Waals surface area contributed by atoms with Crippen LogP contribution in [0.1, 0.15) is 29.5 Å². The molecule has 5 nitrogen and oxygen atoms in total. The summed E-state index contributed by atoms with van der Waals surface area (Å²) in [7, 11) is 0. The number of hydrogen-bond donors (Lipinski definition) is 2. The van der Waals surface area contributed by atoms with Gasteiger partial charge in [-0.3, -0.25) is 4.79 Å². The molecule has 0 aliphatic rings. The van der Waals surface area contributed by atoms with E-state index in [1.807, 2.05) is 26.0 Å². The van der Waals surface area contributed by atoms with Crippen LogP contribution in [0.15, 0.2) is 35.5 Å². The molecule has 0 radical (unpaired) electrons. The molecule has 0 spiro atoms. The number of furan rings is 1. The lowest BCUT2D eigenvalue weighted by Gasteiger charge is -2.13. The van der Waals surface area contributed by atoms with Gasteiger partial charge in [0.1, 0.15) is 11.6 Å². The van der Waals surface area contributed by atoms with Crippen molar-refractivity contribution in [2.45, 2.75) is 39.2 Å². The number of carboxylic acids is 1. The van der Waals surface area contributed by atoms with Crippen LogP contribution in [-0.4, -0.2) is 23.0 Å². The van der Waals surface area contributed by atoms with E-state index in [1.165, 1.54) is 0 Å². The molecule has 2 N–H and O–H groups in total. The van der Waals surface area contributed by atoms with Gasteiger partial charge in [0.05, 0.1) is 12.7 Å². The summed E-state index contributed by atoms with van der Waals surface area (Å²) in [6, 6.07) is 3.03. The summed E-state index contributed by atoms with van der Waals surface area (Å²) in [6.45, 7) is 7.57. The lowest BCUT2D eigenvalue weighted by atomic mass is 10.0. The fourth-order valence-electron chi connectivity index (χ4n) is 2.43. The maximum Gasteiger partial charge on any atom is 0.326 e. The Bertz CT molecular complexity index is 745. The van der Waals surface area contributed by atoms with Gasteiger partial charge in [0.15, 0.2) is 0 Å². The zero-order chi connectivity index (χ0) is 17.0. The number of aliphatic carboxylic acids is 1. The van der Waals surface area contributed by atoms with Gasteiger partial charge in [0.2, 0.25) is 5.91 Å². The third kappa shape index (κ3) is 4.00. The average molecular weight is 315 g/mol. The van der Waals surface area contributed by atoms with E-state index in [9.17, 15) is 9.59 Å². The van der Waals surface area contributed by atoms with Gasteiger partial charge < -0.3 is 14.8 Å². The lowest BCUT2D eigenvalue weighted by molar-refractivity contribution is -0.141. The van der Waals surface area contributed by atoms with Crippen molar-refractivity contribution in [2.24, 2.45) is 0 Å². The van der Waals surface area contributed by atoms with E-state index in [2.05, 4.69) is 11.9 Å². The number of fused-ring (bicyclic) bond motifs is 1. The monoisotopic (exact) mass is 315 g/mol. The summed E-state index contributed by atoms with van der Waals surface area (Å²) >= 11 is 0. The number of hydrogen-bond acceptors (Lipinski definition) is 3. The third-order valence-corrected chi connectivity index (χ3v) is 3.91. The Balaban J connectivity index is 2.12. The second-order valence-corrected chi connectivity index (χ2v) is 5.69. The maximum absolute atomic E-state index is 12.1. The first-order chi connectivity index (χ1) is 10.9. The number of allylic oxidation sites excluding steroid dienone is 1. The SMILES string of the molecule is C=CCCC(NC(=O)Cc1coc2cc(C)c(C)cc12)C(=O)O. The molecule has 0 saturated heterocycles. The van der Waals surface area contributed by atoms with Crippen LogP contribution in [0, 0.1) is 13.8 Å². The van der Waals surface area contributed by atoms with Crippen molar-refractivity contribution in [2.75, 3.05) is 0 Å². The highest BCUT2D eigenvalue weighted by atomic mass is 16.4. The molecule has 2 aromatic rings. The Hall–Kier alpha value is -2.56. The van der Waals surface area contributed by atoms with Gasteiger partial charge in [-0.15, -0.1) is 6.58 Å². The van der Waals surface area contributed by atoms with Crippen LogP contribution in [0.3, 0.4) is 0 Å². The van der Waals surface area contributed by atoms with Gasteiger partial charge in [-0.2, -0.15) is 0 Å². The molecular weight excluding hydrogens is 294 g/mol. The van der Waals surface area contributed by atoms with E-state index in [1.54, 1.807) is 12.3 Å². The van der Waals surface area contributed by atoms with Crippen LogP contribution in [0.5, 0.6) is 0 Å². The summed E-state index contributed by atoms with van der Waals surface area (Å²) in [5.41, 5.74) is 3.74. The molecule has 0 aliphatic heterocycles. The largest absolute Gasteiger partial charge is 0.480 e. The van der Waals surface area contributed by atoms with Gasteiger partial charge >= 0.3 is 5.97 Å². The Morgan fingerprint density at radius 1 is 1.35 bits per heavy atom. The smallest absolute Gasteiger partial charge is 0.326 e. The number of carbonyl (C=O) groups excluding carboxylic acids is 1. The zero-order valence-electron chi connectivity index (χ0n) is 13.4. The molecule has 0 aliphatic carbocycles. The number of rotatable bonds is 7. The first kappa shape index (κ1) is 16.8. The molecule has 122 valence electrons. The summed E-state index contributed by atoms with van der Waals surface area (Å²) in [4.78, 5) is 23.3. The van der Waals surface area contributed by atoms with Crippen molar-refractivity contribution in [1.82, 2.24) is 5.32 Å². The number of carboxylic acid groups (broad SMARTS) is 1. The van der Waals surface area contributed by atoms with Crippen molar-refractivity contribution in [1.29, 1.82) is 0 Å². The zero-order valence-corrected chi connectivity index (χ0v) is 13.4. The molecule has 0 saturated carbocycles. The molecule has 0 bridgehead atoms. The Kier molecular flexibility index (Phi) is 5.21. The molecular formula is C18H21NO4. The highest BCUT2D eigenvalue weighted by molar-refractivity contribution is 5.90. The number of aryl methyl sites for hydroxylation is 2. The van der Waals surface area contributed by atoms with E-state index in [-0.39, 0.29) is 12.3 Å². The molecule has 23 heavy (non-hydrogen) atoms. The molecule has 5 heteroatoms. The first-order valence-corrected chi connectivity index (χ1v) is 7.52. The topological polar surface area (TPSA) is 79.5 Å². The minimum absolute atomic E-state index is 0.0906. The highest BCUT2D eigenvalue weighted by Crippen LogP contribution is 2.25. The van der Waals surface area contributed by atoms with Gasteiger partial charge in [0, 0.05) is 10.9 Å².